The minimum absolute atomic E-state index is 0.000503. The zero-order valence-corrected chi connectivity index (χ0v) is 67.0. The molecule has 0 aromatic carbocycles. The molecule has 6 aromatic rings. The number of aromatic nitrogens is 6. The maximum absolute atomic E-state index is 13.7. The van der Waals surface area contributed by atoms with Crippen molar-refractivity contribution in [3.8, 4) is 17.2 Å². The monoisotopic (exact) mass is 1630 g/mol. The van der Waals surface area contributed by atoms with Crippen LogP contribution in [-0.2, 0) is 67.2 Å². The maximum Gasteiger partial charge on any atom is 0.312 e. The van der Waals surface area contributed by atoms with Crippen LogP contribution >= 0.6 is 0 Å². The van der Waals surface area contributed by atoms with Crippen molar-refractivity contribution < 1.29 is 92.9 Å². The average molecular weight is 1630 g/mol. The molecule has 0 bridgehead atoms. The Morgan fingerprint density at radius 2 is 0.780 bits per heavy atom. The van der Waals surface area contributed by atoms with E-state index in [1.165, 1.54) is 66.8 Å². The van der Waals surface area contributed by atoms with Crippen molar-refractivity contribution in [2.24, 2.45) is 53.3 Å². The van der Waals surface area contributed by atoms with Gasteiger partial charge in [0.15, 0.2) is 40.5 Å². The summed E-state index contributed by atoms with van der Waals surface area (Å²) >= 11 is 0. The van der Waals surface area contributed by atoms with Gasteiger partial charge in [0.2, 0.25) is 29.5 Å². The first-order chi connectivity index (χ1) is 56.4. The zero-order valence-electron chi connectivity index (χ0n) is 67.0. The third-order valence-electron chi connectivity index (χ3n) is 23.6. The number of aliphatic hydroxyl groups excluding tert-OH is 3. The molecule has 0 spiro atoms. The molecule has 3 saturated carbocycles. The molecule has 9 heterocycles. The van der Waals surface area contributed by atoms with E-state index in [-0.39, 0.29) is 114 Å². The second-order valence-electron chi connectivity index (χ2n) is 32.1. The normalized spacial score (nSPS) is 28.7. The lowest BCUT2D eigenvalue weighted by atomic mass is 9.75. The number of Topliss-reactive ketones (excluding diaryl/α,β-unsaturated/α-hetero) is 3. The fourth-order valence-electron chi connectivity index (χ4n) is 15.7. The smallest absolute Gasteiger partial charge is 0.312 e. The highest BCUT2D eigenvalue weighted by Gasteiger charge is 2.47. The first kappa shape index (κ1) is 88.8. The van der Waals surface area contributed by atoms with Gasteiger partial charge in [0, 0.05) is 88.0 Å². The number of ether oxygens (including phenoxy) is 1. The highest BCUT2D eigenvalue weighted by molar-refractivity contribution is 6.01. The molecule has 0 radical (unpaired) electrons. The number of carbonyl (C=O) groups is 12. The second-order valence-corrected chi connectivity index (χ2v) is 32.1. The van der Waals surface area contributed by atoms with E-state index in [1.54, 1.807) is 115 Å². The van der Waals surface area contributed by atoms with E-state index in [0.717, 1.165) is 68.9 Å². The van der Waals surface area contributed by atoms with Crippen molar-refractivity contribution in [2.45, 2.75) is 211 Å². The Hall–Kier alpha value is -11.6. The predicted molar refractivity (Wildman–Crippen MR) is 423 cm³/mol. The number of likely N-dealkylation sites (N-methyl/N-ethyl adjacent to an activating group) is 1. The summed E-state index contributed by atoms with van der Waals surface area (Å²) in [5.74, 6) is -12.7. The molecule has 3 aliphatic carbocycles. The Morgan fingerprint density at radius 1 is 0.432 bits per heavy atom. The summed E-state index contributed by atoms with van der Waals surface area (Å²) < 4.78 is 5.69. The Bertz CT molecular complexity index is 4350. The van der Waals surface area contributed by atoms with E-state index in [2.05, 4.69) is 67.1 Å². The Kier molecular flexibility index (Phi) is 30.9. The first-order valence-corrected chi connectivity index (χ1v) is 40.2. The number of rotatable bonds is 15. The highest BCUT2D eigenvalue weighted by Crippen LogP contribution is 2.38. The van der Waals surface area contributed by atoms with Gasteiger partial charge in [-0.1, -0.05) is 72.1 Å². The van der Waals surface area contributed by atoms with E-state index in [4.69, 9.17) is 4.74 Å². The molecule has 118 heavy (non-hydrogen) atoms. The number of nitrogens with one attached hydrogen (secondary N) is 7. The number of aromatic hydroxyl groups is 3. The topological polar surface area (TPSA) is 500 Å². The molecule has 6 fully saturated rings. The summed E-state index contributed by atoms with van der Waals surface area (Å²) in [4.78, 5) is 186. The van der Waals surface area contributed by atoms with Crippen molar-refractivity contribution in [3.63, 3.8) is 0 Å². The SMILES string of the molecule is C[C@H]1CC(=O)C(C2CCC2)N(C)C(=O)[C@H](C)[C@H](O)[C@H](Cc2cccnc2)NC(=O)[C@H]1NC(=O)c1ncccc1O.C[C@H]1CC(=O)C(C2CCC2)NC(=O)[C@H](C)[C@H](O)[C@H](Cc2cccnc2)NC(=O)[C@H]1NC(=O)c1ncccc1O.C[C@H]1CC(=O)C(C2CCC2)OC(=O)[C@H](C)[C@H](O)[C@H](Cc2cccnc2)NC(=O)[C@H]1NC(=O)c1ncccc1O. The minimum Gasteiger partial charge on any atom is -0.505 e. The predicted octanol–water partition coefficient (Wildman–Crippen LogP) is 3.47. The lowest BCUT2D eigenvalue weighted by Gasteiger charge is -2.41. The lowest BCUT2D eigenvalue weighted by Crippen LogP contribution is -2.60. The van der Waals surface area contributed by atoms with Gasteiger partial charge >= 0.3 is 5.97 Å². The van der Waals surface area contributed by atoms with Crippen molar-refractivity contribution >= 4 is 70.6 Å². The van der Waals surface area contributed by atoms with Crippen LogP contribution in [0.4, 0.5) is 0 Å². The molecule has 8 amide bonds. The molecule has 6 aliphatic rings. The van der Waals surface area contributed by atoms with Gasteiger partial charge in [0.05, 0.1) is 66.3 Å². The minimum atomic E-state index is -1.36. The molecule has 3 unspecified atom stereocenters. The number of aliphatic hydroxyl groups is 3. The maximum atomic E-state index is 13.7. The second kappa shape index (κ2) is 41.0. The summed E-state index contributed by atoms with van der Waals surface area (Å²) in [5, 5.41) is 83.4. The largest absolute Gasteiger partial charge is 0.505 e. The van der Waals surface area contributed by atoms with Crippen molar-refractivity contribution in [1.82, 2.24) is 72.0 Å². The van der Waals surface area contributed by atoms with Crippen LogP contribution in [0.3, 0.4) is 0 Å². The van der Waals surface area contributed by atoms with Gasteiger partial charge in [-0.15, -0.1) is 0 Å². The van der Waals surface area contributed by atoms with Crippen LogP contribution < -0.4 is 37.2 Å². The van der Waals surface area contributed by atoms with Crippen molar-refractivity contribution in [1.29, 1.82) is 0 Å². The lowest BCUT2D eigenvalue weighted by molar-refractivity contribution is -0.168. The van der Waals surface area contributed by atoms with Gasteiger partial charge in [-0.3, -0.25) is 72.5 Å². The van der Waals surface area contributed by atoms with E-state index in [9.17, 15) is 88.2 Å². The molecule has 12 rings (SSSR count). The van der Waals surface area contributed by atoms with Crippen molar-refractivity contribution in [3.05, 3.63) is 162 Å². The summed E-state index contributed by atoms with van der Waals surface area (Å²) in [6.07, 6.45) is 16.5. The number of hydrogen-bond acceptors (Lipinski definition) is 25. The summed E-state index contributed by atoms with van der Waals surface area (Å²) in [6, 6.07) is 11.2. The molecule has 630 valence electrons. The van der Waals surface area contributed by atoms with Crippen LogP contribution in [0.25, 0.3) is 0 Å². The summed E-state index contributed by atoms with van der Waals surface area (Å²) in [5.41, 5.74) is 1.41. The quantitative estimate of drug-likeness (QED) is 0.0655. The molecular weight excluding hydrogens is 1520 g/mol. The number of pyridine rings is 6. The fraction of sp³-hybridized carbons (Fsp3) is 0.506. The number of esters is 1. The van der Waals surface area contributed by atoms with Crippen LogP contribution in [0, 0.1) is 53.3 Å². The third-order valence-corrected chi connectivity index (χ3v) is 23.6. The van der Waals surface area contributed by atoms with Crippen LogP contribution in [-0.4, -0.2) is 216 Å². The Balaban J connectivity index is 0.000000186. The van der Waals surface area contributed by atoms with Crippen molar-refractivity contribution in [2.75, 3.05) is 7.05 Å². The zero-order chi connectivity index (χ0) is 85.2. The molecule has 18 atom stereocenters. The number of hydrogen-bond donors (Lipinski definition) is 13. The summed E-state index contributed by atoms with van der Waals surface area (Å²) in [7, 11) is 1.60. The molecule has 33 heteroatoms. The van der Waals surface area contributed by atoms with E-state index in [0.29, 0.717) is 5.56 Å². The molecule has 6 aromatic heterocycles. The number of carbonyl (C=O) groups excluding carboxylic acids is 12. The van der Waals surface area contributed by atoms with Crippen LogP contribution in [0.1, 0.15) is 167 Å². The number of nitrogens with zero attached hydrogens (tertiary/aromatic N) is 7. The van der Waals surface area contributed by atoms with Gasteiger partial charge < -0.3 is 77.5 Å². The highest BCUT2D eigenvalue weighted by atomic mass is 16.5. The first-order valence-electron chi connectivity index (χ1n) is 40.2. The van der Waals surface area contributed by atoms with Crippen LogP contribution in [0.15, 0.2) is 129 Å². The van der Waals surface area contributed by atoms with Gasteiger partial charge in [0.1, 0.15) is 35.4 Å². The average Bonchev–Trinajstić information content (AvgIpc) is 0.488. The van der Waals surface area contributed by atoms with Gasteiger partial charge in [-0.25, -0.2) is 15.0 Å². The van der Waals surface area contributed by atoms with E-state index in [1.807, 2.05) is 0 Å². The molecule has 13 N–H and O–H groups in total. The van der Waals surface area contributed by atoms with Gasteiger partial charge in [0.25, 0.3) is 17.7 Å². The van der Waals surface area contributed by atoms with Crippen LogP contribution in [0.5, 0.6) is 17.2 Å². The van der Waals surface area contributed by atoms with E-state index < -0.39 is 156 Å². The Labute approximate surface area is 683 Å². The molecule has 33 nitrogen and oxygen atoms in total. The van der Waals surface area contributed by atoms with E-state index >= 15 is 0 Å². The number of ketones is 3. The van der Waals surface area contributed by atoms with Crippen LogP contribution in [0.2, 0.25) is 0 Å². The molecule has 3 aliphatic heterocycles. The Morgan fingerprint density at radius 3 is 1.13 bits per heavy atom. The number of cyclic esters (lactones) is 1. The number of amides is 8. The van der Waals surface area contributed by atoms with Gasteiger partial charge in [-0.05, 0) is 166 Å². The van der Waals surface area contributed by atoms with Gasteiger partial charge in [-0.2, -0.15) is 0 Å². The molecule has 3 saturated heterocycles. The standard InChI is InChI=1S/C29H37N5O6.C28H35N5O6.C28H34N4O7/c1-16-13-22(36)25(19-8-4-9-19)34(3)29(40)17(2)26(37)20(14-18-7-5-11-30-15-18)32-27(38)23(16)33-28(39)24-21(35)10-6-12-31-24;1-15-12-21(35)23(18-7-3-8-18)33-26(37)16(2)25(36)19(13-17-6-4-10-29-14-17)31-27(38)22(15)32-28(39)24-20(34)9-5-11-30-24;1-15-12-21(34)25(18-7-3-8-18)39-28(38)16(2)24(35)19(13-17-6-4-10-29-14-17)31-26(36)22(15)32-27(37)23-20(33)9-5-11-30-23/h5-7,10-12,15-17,19-20,23,25-26,35,37H,4,8-9,13-14H2,1-3H3,(H,32,38)(H,33,39);4-6,9-11,14-16,18-19,22-23,25,34,36H,3,7-8,12-13H2,1-2H3,(H,31,38)(H,32,39)(H,33,37);4-6,9-11,14-16,18-19,22,24-25,33,35H,3,7-8,12-13H2,1-2H3,(H,31,36)(H,32,37)/t16-,17+,20-,23-,25?,26-;15-,16+,19-,22-,23?,25-;15-,16+,19-,22-,24-,25?/m000/s1. The molecular formula is C85H106N14O19. The third kappa shape index (κ3) is 22.4. The summed E-state index contributed by atoms with van der Waals surface area (Å²) in [6.45, 7) is 9.63. The fourth-order valence-corrected chi connectivity index (χ4v) is 15.7.